The van der Waals surface area contributed by atoms with Gasteiger partial charge in [0.15, 0.2) is 10.7 Å². The Hall–Kier alpha value is -3.17. The highest BCUT2D eigenvalue weighted by atomic mass is 32.1. The summed E-state index contributed by atoms with van der Waals surface area (Å²) < 4.78 is 5.18. The van der Waals surface area contributed by atoms with Crippen molar-refractivity contribution in [3.63, 3.8) is 0 Å². The van der Waals surface area contributed by atoms with Gasteiger partial charge in [0.05, 0.1) is 18.5 Å². The number of hydrazone groups is 1. The molecule has 1 aromatic heterocycles. The molecule has 0 amide bonds. The lowest BCUT2D eigenvalue weighted by Gasteiger charge is -2.10. The number of hydrogen-bond acceptors (Lipinski definition) is 6. The summed E-state index contributed by atoms with van der Waals surface area (Å²) in [5.74, 6) is 0.793. The summed E-state index contributed by atoms with van der Waals surface area (Å²) in [4.78, 5) is 4.56. The summed E-state index contributed by atoms with van der Waals surface area (Å²) in [5, 5.41) is 16.3. The zero-order valence-corrected chi connectivity index (χ0v) is 16.5. The SMILES string of the molecule is COc1ccc(-c2csc(/C(C#N)=N/Nc3c(C)cc(C)cc3C)n2)cc1. The third-order valence-corrected chi connectivity index (χ3v) is 5.00. The van der Waals surface area contributed by atoms with Gasteiger partial charge in [-0.05, 0) is 56.2 Å². The van der Waals surface area contributed by atoms with E-state index in [1.165, 1.54) is 16.9 Å². The van der Waals surface area contributed by atoms with E-state index in [1.807, 2.05) is 43.5 Å². The number of nitriles is 1. The first kappa shape index (κ1) is 18.6. The number of nitrogens with one attached hydrogen (secondary N) is 1. The van der Waals surface area contributed by atoms with Crippen LogP contribution in [0.2, 0.25) is 0 Å². The summed E-state index contributed by atoms with van der Waals surface area (Å²) in [7, 11) is 1.64. The molecule has 1 heterocycles. The molecule has 5 nitrogen and oxygen atoms in total. The van der Waals surface area contributed by atoms with Crippen molar-refractivity contribution in [2.75, 3.05) is 12.5 Å². The third kappa shape index (κ3) is 4.15. The van der Waals surface area contributed by atoms with Gasteiger partial charge in [-0.15, -0.1) is 11.3 Å². The van der Waals surface area contributed by atoms with Crippen molar-refractivity contribution >= 4 is 22.7 Å². The van der Waals surface area contributed by atoms with Crippen LogP contribution in [0.3, 0.4) is 0 Å². The number of aryl methyl sites for hydroxylation is 3. The summed E-state index contributed by atoms with van der Waals surface area (Å²) in [6.45, 7) is 6.11. The van der Waals surface area contributed by atoms with Crippen molar-refractivity contribution in [3.05, 3.63) is 63.5 Å². The van der Waals surface area contributed by atoms with E-state index in [4.69, 9.17) is 4.74 Å². The summed E-state index contributed by atoms with van der Waals surface area (Å²) in [5.41, 5.74) is 9.37. The second-order valence-electron chi connectivity index (χ2n) is 6.22. The van der Waals surface area contributed by atoms with E-state index in [0.29, 0.717) is 5.01 Å². The largest absolute Gasteiger partial charge is 0.497 e. The second-order valence-corrected chi connectivity index (χ2v) is 7.08. The summed E-state index contributed by atoms with van der Waals surface area (Å²) in [6, 6.07) is 14.0. The average Bonchev–Trinajstić information content (AvgIpc) is 3.14. The zero-order chi connectivity index (χ0) is 19.4. The Morgan fingerprint density at radius 1 is 1.15 bits per heavy atom. The lowest BCUT2D eigenvalue weighted by atomic mass is 10.1. The first-order chi connectivity index (χ1) is 13.0. The van der Waals surface area contributed by atoms with Crippen LogP contribution in [0.4, 0.5) is 5.69 Å². The quantitative estimate of drug-likeness (QED) is 0.498. The van der Waals surface area contributed by atoms with Crippen molar-refractivity contribution in [2.24, 2.45) is 5.10 Å². The Morgan fingerprint density at radius 3 is 2.41 bits per heavy atom. The minimum atomic E-state index is 0.263. The van der Waals surface area contributed by atoms with E-state index in [1.54, 1.807) is 7.11 Å². The molecule has 2 aromatic carbocycles. The number of hydrogen-bond donors (Lipinski definition) is 1. The predicted molar refractivity (Wildman–Crippen MR) is 111 cm³/mol. The average molecular weight is 376 g/mol. The van der Waals surface area contributed by atoms with Crippen LogP contribution < -0.4 is 10.2 Å². The first-order valence-electron chi connectivity index (χ1n) is 8.43. The van der Waals surface area contributed by atoms with Gasteiger partial charge in [-0.1, -0.05) is 17.7 Å². The predicted octanol–water partition coefficient (Wildman–Crippen LogP) is 5.08. The van der Waals surface area contributed by atoms with Gasteiger partial charge in [-0.3, -0.25) is 5.43 Å². The Bertz CT molecular complexity index is 1010. The molecule has 0 aliphatic rings. The maximum Gasteiger partial charge on any atom is 0.196 e. The molecule has 0 atom stereocenters. The molecule has 3 rings (SSSR count). The van der Waals surface area contributed by atoms with Crippen LogP contribution in [0.25, 0.3) is 11.3 Å². The van der Waals surface area contributed by atoms with Gasteiger partial charge in [0.2, 0.25) is 0 Å². The Labute approximate surface area is 163 Å². The molecule has 0 aliphatic heterocycles. The van der Waals surface area contributed by atoms with Gasteiger partial charge in [-0.25, -0.2) is 4.98 Å². The molecule has 0 unspecified atom stereocenters. The van der Waals surface area contributed by atoms with Crippen molar-refractivity contribution in [1.29, 1.82) is 5.26 Å². The minimum absolute atomic E-state index is 0.263. The van der Waals surface area contributed by atoms with Crippen molar-refractivity contribution < 1.29 is 4.74 Å². The van der Waals surface area contributed by atoms with Crippen molar-refractivity contribution in [1.82, 2.24) is 4.98 Å². The molecule has 3 aromatic rings. The topological polar surface area (TPSA) is 70.3 Å². The number of ether oxygens (including phenoxy) is 1. The molecule has 0 bridgehead atoms. The molecule has 0 saturated heterocycles. The maximum atomic E-state index is 9.52. The number of aromatic nitrogens is 1. The highest BCUT2D eigenvalue weighted by Crippen LogP contribution is 2.25. The fourth-order valence-electron chi connectivity index (χ4n) is 2.87. The molecular formula is C21H20N4OS. The fraction of sp³-hybridized carbons (Fsp3) is 0.190. The molecule has 27 heavy (non-hydrogen) atoms. The maximum absolute atomic E-state index is 9.52. The lowest BCUT2D eigenvalue weighted by Crippen LogP contribution is -2.03. The first-order valence-corrected chi connectivity index (χ1v) is 9.31. The minimum Gasteiger partial charge on any atom is -0.497 e. The number of nitrogens with zero attached hydrogens (tertiary/aromatic N) is 3. The van der Waals surface area contributed by atoms with Crippen LogP contribution in [-0.4, -0.2) is 17.8 Å². The molecule has 0 aliphatic carbocycles. The van der Waals surface area contributed by atoms with Crippen molar-refractivity contribution in [2.45, 2.75) is 20.8 Å². The van der Waals surface area contributed by atoms with Crippen LogP contribution in [0.5, 0.6) is 5.75 Å². The number of benzene rings is 2. The van der Waals surface area contributed by atoms with Gasteiger partial charge in [0.1, 0.15) is 11.8 Å². The van der Waals surface area contributed by atoms with Crippen LogP contribution in [0, 0.1) is 32.1 Å². The van der Waals surface area contributed by atoms with Gasteiger partial charge in [-0.2, -0.15) is 10.4 Å². The Balaban J connectivity index is 1.85. The zero-order valence-electron chi connectivity index (χ0n) is 15.7. The van der Waals surface area contributed by atoms with Gasteiger partial charge in [0, 0.05) is 10.9 Å². The number of rotatable bonds is 5. The Morgan fingerprint density at radius 2 is 1.81 bits per heavy atom. The molecule has 0 spiro atoms. The van der Waals surface area contributed by atoms with Crippen molar-refractivity contribution in [3.8, 4) is 23.1 Å². The second kappa shape index (κ2) is 8.02. The van der Waals surface area contributed by atoms with E-state index in [-0.39, 0.29) is 5.71 Å². The summed E-state index contributed by atoms with van der Waals surface area (Å²) in [6.07, 6.45) is 0. The van der Waals surface area contributed by atoms with Gasteiger partial charge in [0.25, 0.3) is 0 Å². The number of anilines is 1. The van der Waals surface area contributed by atoms with E-state index in [2.05, 4.69) is 40.6 Å². The number of methoxy groups -OCH3 is 1. The van der Waals surface area contributed by atoms with Gasteiger partial charge >= 0.3 is 0 Å². The van der Waals surface area contributed by atoms with Crippen LogP contribution in [0.1, 0.15) is 21.7 Å². The van der Waals surface area contributed by atoms with E-state index >= 15 is 0 Å². The molecule has 136 valence electrons. The molecule has 1 N–H and O–H groups in total. The van der Waals surface area contributed by atoms with E-state index < -0.39 is 0 Å². The molecular weight excluding hydrogens is 356 g/mol. The van der Waals surface area contributed by atoms with E-state index in [0.717, 1.165) is 33.8 Å². The van der Waals surface area contributed by atoms with Crippen LogP contribution in [0.15, 0.2) is 46.9 Å². The monoisotopic (exact) mass is 376 g/mol. The van der Waals surface area contributed by atoms with Gasteiger partial charge < -0.3 is 4.74 Å². The number of thiazole rings is 1. The normalized spacial score (nSPS) is 11.1. The Kier molecular flexibility index (Phi) is 5.53. The fourth-order valence-corrected chi connectivity index (χ4v) is 3.63. The van der Waals surface area contributed by atoms with Crippen LogP contribution >= 0.6 is 11.3 Å². The highest BCUT2D eigenvalue weighted by Gasteiger charge is 2.11. The molecule has 0 saturated carbocycles. The smallest absolute Gasteiger partial charge is 0.196 e. The highest BCUT2D eigenvalue weighted by molar-refractivity contribution is 7.12. The molecule has 0 fully saturated rings. The third-order valence-electron chi connectivity index (χ3n) is 4.15. The standard InChI is InChI=1S/C21H20N4OS/c1-13-9-14(2)20(15(3)10-13)25-24-18(11-22)21-23-19(12-27-21)16-5-7-17(26-4)8-6-16/h5-10,12,25H,1-4H3/b24-18+. The molecule has 0 radical (unpaired) electrons. The summed E-state index contributed by atoms with van der Waals surface area (Å²) >= 11 is 1.40. The lowest BCUT2D eigenvalue weighted by molar-refractivity contribution is 0.415. The van der Waals surface area contributed by atoms with Crippen LogP contribution in [-0.2, 0) is 0 Å². The van der Waals surface area contributed by atoms with E-state index in [9.17, 15) is 5.26 Å². The molecule has 6 heteroatoms.